The fourth-order valence-electron chi connectivity index (χ4n) is 3.82. The predicted octanol–water partition coefficient (Wildman–Crippen LogP) is 4.09. The molecule has 5 aromatic rings. The van der Waals surface area contributed by atoms with Crippen LogP contribution < -0.4 is 16.4 Å². The second-order valence-electron chi connectivity index (χ2n) is 8.44. The molecule has 0 saturated heterocycles. The molecule has 0 bridgehead atoms. The zero-order valence-corrected chi connectivity index (χ0v) is 21.1. The predicted molar refractivity (Wildman–Crippen MR) is 145 cm³/mol. The number of nitrogen functional groups attached to an aromatic ring is 1. The molecule has 0 aliphatic rings. The third-order valence-electron chi connectivity index (χ3n) is 5.81. The van der Waals surface area contributed by atoms with Gasteiger partial charge in [0, 0.05) is 24.9 Å². The third-order valence-corrected chi connectivity index (χ3v) is 6.14. The summed E-state index contributed by atoms with van der Waals surface area (Å²) < 4.78 is 3.31. The van der Waals surface area contributed by atoms with E-state index in [0.717, 1.165) is 5.69 Å². The number of hydrogen-bond donors (Lipinski definition) is 3. The number of imidazole rings is 1. The number of hydrogen-bond acceptors (Lipinski definition) is 6. The number of aryl methyl sites for hydroxylation is 1. The molecule has 0 aliphatic carbocycles. The van der Waals surface area contributed by atoms with Gasteiger partial charge in [0.2, 0.25) is 0 Å². The molecule has 2 amide bonds. The van der Waals surface area contributed by atoms with Crippen LogP contribution in [0.2, 0.25) is 5.02 Å². The number of aromatic nitrogens is 5. The summed E-state index contributed by atoms with van der Waals surface area (Å²) >= 11 is 6.39. The number of pyridine rings is 1. The summed E-state index contributed by atoms with van der Waals surface area (Å²) in [5, 5.41) is 10.4. The summed E-state index contributed by atoms with van der Waals surface area (Å²) in [4.78, 5) is 34.7. The first-order chi connectivity index (χ1) is 18.4. The van der Waals surface area contributed by atoms with E-state index in [1.807, 2.05) is 41.9 Å². The molecule has 38 heavy (non-hydrogen) atoms. The van der Waals surface area contributed by atoms with Crippen molar-refractivity contribution in [3.8, 4) is 16.9 Å². The molecule has 3 heterocycles. The maximum atomic E-state index is 13.4. The Labute approximate surface area is 223 Å². The third kappa shape index (κ3) is 5.25. The largest absolute Gasteiger partial charge is 0.384 e. The molecular weight excluding hydrogens is 504 g/mol. The van der Waals surface area contributed by atoms with Crippen LogP contribution in [0.3, 0.4) is 0 Å². The zero-order valence-electron chi connectivity index (χ0n) is 20.3. The van der Waals surface area contributed by atoms with E-state index in [0.29, 0.717) is 28.6 Å². The highest BCUT2D eigenvalue weighted by atomic mass is 35.5. The van der Waals surface area contributed by atoms with Crippen LogP contribution in [-0.2, 0) is 13.6 Å². The molecule has 0 spiro atoms. The standard InChI is InChI=1S/C27H23ClN8O2/c1-35-16-30-14-19(35)15-31-27(38)23-13-25(36(34-23)18-6-3-2-4-7-18)33-26(37)20-12-17(10-11-21(20)28)22-8-5-9-24(29)32-22/h2-14,16H,15H2,1H3,(H2,29,32)(H,31,38)(H,33,37). The van der Waals surface area contributed by atoms with Gasteiger partial charge in [0.15, 0.2) is 5.69 Å². The Morgan fingerprint density at radius 1 is 1.00 bits per heavy atom. The van der Waals surface area contributed by atoms with Crippen molar-refractivity contribution in [2.24, 2.45) is 7.05 Å². The number of para-hydroxylation sites is 1. The van der Waals surface area contributed by atoms with Crippen LogP contribution in [0.4, 0.5) is 11.6 Å². The first-order valence-electron chi connectivity index (χ1n) is 11.6. The van der Waals surface area contributed by atoms with Crippen molar-refractivity contribution in [3.63, 3.8) is 0 Å². The van der Waals surface area contributed by atoms with E-state index in [1.165, 1.54) is 10.7 Å². The fourth-order valence-corrected chi connectivity index (χ4v) is 4.02. The lowest BCUT2D eigenvalue weighted by Gasteiger charge is -2.11. The Balaban J connectivity index is 1.44. The summed E-state index contributed by atoms with van der Waals surface area (Å²) in [6, 6.07) is 21.0. The average Bonchev–Trinajstić information content (AvgIpc) is 3.54. The van der Waals surface area contributed by atoms with Gasteiger partial charge in [0.1, 0.15) is 11.6 Å². The summed E-state index contributed by atoms with van der Waals surface area (Å²) in [7, 11) is 1.84. The number of nitrogens with one attached hydrogen (secondary N) is 2. The second-order valence-corrected chi connectivity index (χ2v) is 8.84. The Morgan fingerprint density at radius 2 is 1.82 bits per heavy atom. The molecule has 0 fully saturated rings. The Bertz CT molecular complexity index is 1630. The van der Waals surface area contributed by atoms with Crippen molar-refractivity contribution in [1.82, 2.24) is 29.6 Å². The van der Waals surface area contributed by atoms with Gasteiger partial charge in [-0.3, -0.25) is 9.59 Å². The zero-order chi connectivity index (χ0) is 26.6. The number of halogens is 1. The van der Waals surface area contributed by atoms with Gasteiger partial charge in [0.05, 0.1) is 40.5 Å². The first kappa shape index (κ1) is 24.7. The molecule has 0 atom stereocenters. The number of carbonyl (C=O) groups excluding carboxylic acids is 2. The smallest absolute Gasteiger partial charge is 0.272 e. The lowest BCUT2D eigenvalue weighted by Crippen LogP contribution is -2.24. The maximum absolute atomic E-state index is 13.4. The van der Waals surface area contributed by atoms with Gasteiger partial charge in [-0.05, 0) is 36.4 Å². The number of nitrogens with two attached hydrogens (primary N) is 1. The molecule has 4 N–H and O–H groups in total. The van der Waals surface area contributed by atoms with Gasteiger partial charge < -0.3 is 20.9 Å². The molecule has 190 valence electrons. The molecule has 5 rings (SSSR count). The maximum Gasteiger partial charge on any atom is 0.272 e. The summed E-state index contributed by atoms with van der Waals surface area (Å²) in [6.07, 6.45) is 3.33. The van der Waals surface area contributed by atoms with Crippen LogP contribution in [0, 0.1) is 0 Å². The van der Waals surface area contributed by atoms with E-state index in [9.17, 15) is 9.59 Å². The normalized spacial score (nSPS) is 10.8. The molecule has 0 aliphatic heterocycles. The molecule has 0 unspecified atom stereocenters. The highest BCUT2D eigenvalue weighted by Gasteiger charge is 2.20. The van der Waals surface area contributed by atoms with E-state index in [1.54, 1.807) is 48.9 Å². The monoisotopic (exact) mass is 526 g/mol. The van der Waals surface area contributed by atoms with Crippen molar-refractivity contribution < 1.29 is 9.59 Å². The van der Waals surface area contributed by atoms with Crippen LogP contribution in [0.15, 0.2) is 85.3 Å². The van der Waals surface area contributed by atoms with E-state index in [-0.39, 0.29) is 22.8 Å². The summed E-state index contributed by atoms with van der Waals surface area (Å²) in [6.45, 7) is 0.273. The molecule has 3 aromatic heterocycles. The van der Waals surface area contributed by atoms with Crippen LogP contribution in [-0.4, -0.2) is 36.1 Å². The number of benzene rings is 2. The van der Waals surface area contributed by atoms with Gasteiger partial charge in [-0.2, -0.15) is 5.10 Å². The van der Waals surface area contributed by atoms with Gasteiger partial charge in [-0.15, -0.1) is 0 Å². The number of nitrogens with zero attached hydrogens (tertiary/aromatic N) is 5. The van der Waals surface area contributed by atoms with Crippen LogP contribution in [0.1, 0.15) is 26.5 Å². The van der Waals surface area contributed by atoms with Crippen LogP contribution >= 0.6 is 11.6 Å². The van der Waals surface area contributed by atoms with Gasteiger partial charge in [-0.25, -0.2) is 14.6 Å². The Hall–Kier alpha value is -4.96. The van der Waals surface area contributed by atoms with Crippen LogP contribution in [0.5, 0.6) is 0 Å². The number of amides is 2. The molecule has 2 aromatic carbocycles. The first-order valence-corrected chi connectivity index (χ1v) is 12.0. The molecule has 0 radical (unpaired) electrons. The fraction of sp³-hybridized carbons (Fsp3) is 0.0741. The van der Waals surface area contributed by atoms with Crippen molar-refractivity contribution in [2.45, 2.75) is 6.54 Å². The minimum absolute atomic E-state index is 0.134. The molecule has 11 heteroatoms. The van der Waals surface area contributed by atoms with E-state index >= 15 is 0 Å². The Morgan fingerprint density at radius 3 is 2.55 bits per heavy atom. The summed E-state index contributed by atoms with van der Waals surface area (Å²) in [5.74, 6) is -0.205. The van der Waals surface area contributed by atoms with Crippen molar-refractivity contribution in [2.75, 3.05) is 11.1 Å². The average molecular weight is 527 g/mol. The summed E-state index contributed by atoms with van der Waals surface area (Å²) in [5.41, 5.74) is 8.97. The van der Waals surface area contributed by atoms with Crippen molar-refractivity contribution in [3.05, 3.63) is 107 Å². The number of anilines is 2. The van der Waals surface area contributed by atoms with E-state index in [2.05, 4.69) is 25.7 Å². The Kier molecular flexibility index (Phi) is 6.88. The van der Waals surface area contributed by atoms with Gasteiger partial charge >= 0.3 is 0 Å². The highest BCUT2D eigenvalue weighted by Crippen LogP contribution is 2.26. The van der Waals surface area contributed by atoms with Crippen molar-refractivity contribution >= 4 is 35.1 Å². The molecule has 10 nitrogen and oxygen atoms in total. The second kappa shape index (κ2) is 10.6. The minimum Gasteiger partial charge on any atom is -0.384 e. The van der Waals surface area contributed by atoms with E-state index < -0.39 is 11.8 Å². The van der Waals surface area contributed by atoms with Crippen molar-refractivity contribution in [1.29, 1.82) is 0 Å². The van der Waals surface area contributed by atoms with Gasteiger partial charge in [-0.1, -0.05) is 41.9 Å². The topological polar surface area (TPSA) is 133 Å². The van der Waals surface area contributed by atoms with Crippen LogP contribution in [0.25, 0.3) is 16.9 Å². The van der Waals surface area contributed by atoms with Gasteiger partial charge in [0.25, 0.3) is 11.8 Å². The number of carbonyl (C=O) groups is 2. The number of rotatable bonds is 7. The molecular formula is C27H23ClN8O2. The minimum atomic E-state index is -0.473. The highest BCUT2D eigenvalue weighted by molar-refractivity contribution is 6.34. The quantitative estimate of drug-likeness (QED) is 0.292. The lowest BCUT2D eigenvalue weighted by molar-refractivity contribution is 0.0944. The SMILES string of the molecule is Cn1cncc1CNC(=O)c1cc(NC(=O)c2cc(-c3cccc(N)n3)ccc2Cl)n(-c2ccccc2)n1. The molecule has 0 saturated carbocycles. The van der Waals surface area contributed by atoms with E-state index in [4.69, 9.17) is 17.3 Å². The lowest BCUT2D eigenvalue weighted by atomic mass is 10.1.